The third-order valence-corrected chi connectivity index (χ3v) is 4.11. The maximum absolute atomic E-state index is 11.8. The van der Waals surface area contributed by atoms with Crippen LogP contribution in [0.25, 0.3) is 0 Å². The molecule has 1 aromatic rings. The predicted octanol–water partition coefficient (Wildman–Crippen LogP) is 2.96. The molecule has 0 N–H and O–H groups in total. The number of halogens is 1. The Hall–Kier alpha value is -1.06. The monoisotopic (exact) mass is 280 g/mol. The molecular formula is C15H21ClN2O. The quantitative estimate of drug-likeness (QED) is 0.828. The van der Waals surface area contributed by atoms with Gasteiger partial charge in [-0.05, 0) is 38.1 Å². The van der Waals surface area contributed by atoms with Gasteiger partial charge in [-0.1, -0.05) is 23.7 Å². The number of carbonyl (C=O) groups is 1. The molecule has 0 bridgehead atoms. The molecule has 4 heteroatoms. The molecule has 2 rings (SSSR count). The third-order valence-electron chi connectivity index (χ3n) is 3.88. The van der Waals surface area contributed by atoms with Crippen LogP contribution in [0.3, 0.4) is 0 Å². The fourth-order valence-corrected chi connectivity index (χ4v) is 2.41. The molecule has 0 saturated carbocycles. The second kappa shape index (κ2) is 6.40. The zero-order valence-corrected chi connectivity index (χ0v) is 12.4. The highest BCUT2D eigenvalue weighted by Gasteiger charge is 2.21. The van der Waals surface area contributed by atoms with Crippen molar-refractivity contribution in [3.63, 3.8) is 0 Å². The summed E-state index contributed by atoms with van der Waals surface area (Å²) in [5, 5.41) is 0.759. The van der Waals surface area contributed by atoms with Crippen molar-refractivity contribution >= 4 is 17.5 Å². The molecule has 19 heavy (non-hydrogen) atoms. The number of likely N-dealkylation sites (tertiary alicyclic amines) is 1. The summed E-state index contributed by atoms with van der Waals surface area (Å²) in [6.07, 6.45) is 1.75. The molecule has 1 heterocycles. The molecule has 0 aromatic heterocycles. The molecular weight excluding hydrogens is 260 g/mol. The van der Waals surface area contributed by atoms with E-state index in [1.807, 2.05) is 23.1 Å². The third kappa shape index (κ3) is 3.71. The van der Waals surface area contributed by atoms with E-state index in [1.165, 1.54) is 5.56 Å². The van der Waals surface area contributed by atoms with Gasteiger partial charge >= 0.3 is 0 Å². The molecule has 0 radical (unpaired) electrons. The predicted molar refractivity (Wildman–Crippen MR) is 78.3 cm³/mol. The van der Waals surface area contributed by atoms with Gasteiger partial charge in [0.25, 0.3) is 0 Å². The number of benzene rings is 1. The fourth-order valence-electron chi connectivity index (χ4n) is 2.21. The van der Waals surface area contributed by atoms with Crippen LogP contribution in [-0.2, 0) is 4.79 Å². The van der Waals surface area contributed by atoms with Crippen LogP contribution >= 0.6 is 11.6 Å². The van der Waals surface area contributed by atoms with Crippen molar-refractivity contribution in [2.45, 2.75) is 25.8 Å². The Balaban J connectivity index is 1.84. The van der Waals surface area contributed by atoms with Crippen molar-refractivity contribution in [1.29, 1.82) is 0 Å². The van der Waals surface area contributed by atoms with E-state index >= 15 is 0 Å². The van der Waals surface area contributed by atoms with E-state index in [4.69, 9.17) is 11.6 Å². The number of amides is 1. The lowest BCUT2D eigenvalue weighted by atomic mass is 10.1. The van der Waals surface area contributed by atoms with Crippen molar-refractivity contribution in [2.24, 2.45) is 0 Å². The van der Waals surface area contributed by atoms with E-state index in [-0.39, 0.29) is 11.9 Å². The standard InChI is InChI=1S/C15H21ClN2O/c1-12(13-5-3-6-14(16)11-13)17(2)10-7-15(19)18-8-4-9-18/h3,5-6,11-12H,4,7-10H2,1-2H3. The molecule has 1 aromatic carbocycles. The average Bonchev–Trinajstić information content (AvgIpc) is 2.33. The summed E-state index contributed by atoms with van der Waals surface area (Å²) in [4.78, 5) is 15.9. The van der Waals surface area contributed by atoms with E-state index in [9.17, 15) is 4.79 Å². The van der Waals surface area contributed by atoms with Gasteiger partial charge < -0.3 is 4.90 Å². The van der Waals surface area contributed by atoms with Crippen LogP contribution < -0.4 is 0 Å². The second-order valence-corrected chi connectivity index (χ2v) is 5.63. The molecule has 1 aliphatic heterocycles. The van der Waals surface area contributed by atoms with Gasteiger partial charge in [0.1, 0.15) is 0 Å². The summed E-state index contributed by atoms with van der Waals surface area (Å²) in [6, 6.07) is 8.17. The number of carbonyl (C=O) groups excluding carboxylic acids is 1. The maximum Gasteiger partial charge on any atom is 0.223 e. The van der Waals surface area contributed by atoms with Gasteiger partial charge in [-0.2, -0.15) is 0 Å². The minimum atomic E-state index is 0.267. The van der Waals surface area contributed by atoms with Gasteiger partial charge in [0.2, 0.25) is 5.91 Å². The normalized spacial score (nSPS) is 16.3. The van der Waals surface area contributed by atoms with Gasteiger partial charge in [-0.25, -0.2) is 0 Å². The Kier molecular flexibility index (Phi) is 4.83. The number of nitrogens with zero attached hydrogens (tertiary/aromatic N) is 2. The first-order valence-corrected chi connectivity index (χ1v) is 7.19. The van der Waals surface area contributed by atoms with E-state index < -0.39 is 0 Å². The maximum atomic E-state index is 11.8. The highest BCUT2D eigenvalue weighted by molar-refractivity contribution is 6.30. The lowest BCUT2D eigenvalue weighted by Gasteiger charge is -2.32. The fraction of sp³-hybridized carbons (Fsp3) is 0.533. The van der Waals surface area contributed by atoms with Gasteiger partial charge in [0, 0.05) is 37.1 Å². The van der Waals surface area contributed by atoms with Crippen LogP contribution in [-0.4, -0.2) is 42.4 Å². The molecule has 1 aliphatic rings. The van der Waals surface area contributed by atoms with Gasteiger partial charge in [0.05, 0.1) is 0 Å². The summed E-state index contributed by atoms with van der Waals surface area (Å²) in [6.45, 7) is 4.79. The first-order chi connectivity index (χ1) is 9.08. The van der Waals surface area contributed by atoms with Gasteiger partial charge in [-0.15, -0.1) is 0 Å². The second-order valence-electron chi connectivity index (χ2n) is 5.20. The highest BCUT2D eigenvalue weighted by Crippen LogP contribution is 2.22. The van der Waals surface area contributed by atoms with Crippen LogP contribution in [0.2, 0.25) is 5.02 Å². The van der Waals surface area contributed by atoms with Crippen LogP contribution in [0.4, 0.5) is 0 Å². The van der Waals surface area contributed by atoms with Crippen LogP contribution in [0, 0.1) is 0 Å². The Labute approximate surface area is 120 Å². The summed E-state index contributed by atoms with van der Waals surface area (Å²) in [5.74, 6) is 0.274. The van der Waals surface area contributed by atoms with Gasteiger partial charge in [-0.3, -0.25) is 9.69 Å². The highest BCUT2D eigenvalue weighted by atomic mass is 35.5. The van der Waals surface area contributed by atoms with Crippen LogP contribution in [0.1, 0.15) is 31.4 Å². The number of hydrogen-bond donors (Lipinski definition) is 0. The van der Waals surface area contributed by atoms with Gasteiger partial charge in [0.15, 0.2) is 0 Å². The zero-order valence-electron chi connectivity index (χ0n) is 11.6. The molecule has 1 unspecified atom stereocenters. The molecule has 104 valence electrons. The van der Waals surface area contributed by atoms with Crippen LogP contribution in [0.15, 0.2) is 24.3 Å². The van der Waals surface area contributed by atoms with Crippen molar-refractivity contribution in [3.05, 3.63) is 34.9 Å². The molecule has 1 amide bonds. The minimum Gasteiger partial charge on any atom is -0.343 e. The topological polar surface area (TPSA) is 23.6 Å². The summed E-state index contributed by atoms with van der Waals surface area (Å²) in [7, 11) is 2.05. The molecule has 1 fully saturated rings. The molecule has 1 atom stereocenters. The first kappa shape index (κ1) is 14.4. The lowest BCUT2D eigenvalue weighted by Crippen LogP contribution is -2.43. The summed E-state index contributed by atoms with van der Waals surface area (Å²) in [5.41, 5.74) is 1.19. The summed E-state index contributed by atoms with van der Waals surface area (Å²) >= 11 is 6.01. The molecule has 0 aliphatic carbocycles. The Morgan fingerprint density at radius 2 is 2.21 bits per heavy atom. The smallest absolute Gasteiger partial charge is 0.223 e. The lowest BCUT2D eigenvalue weighted by molar-refractivity contribution is -0.134. The summed E-state index contributed by atoms with van der Waals surface area (Å²) < 4.78 is 0. The SMILES string of the molecule is CC(c1cccc(Cl)c1)N(C)CCC(=O)N1CCC1. The van der Waals surface area contributed by atoms with E-state index in [1.54, 1.807) is 0 Å². The number of rotatable bonds is 5. The number of hydrogen-bond acceptors (Lipinski definition) is 2. The Bertz CT molecular complexity index is 446. The van der Waals surface area contributed by atoms with E-state index in [0.717, 1.165) is 31.1 Å². The van der Waals surface area contributed by atoms with E-state index in [0.29, 0.717) is 6.42 Å². The Morgan fingerprint density at radius 3 is 2.79 bits per heavy atom. The molecule has 0 spiro atoms. The zero-order chi connectivity index (χ0) is 13.8. The largest absolute Gasteiger partial charge is 0.343 e. The first-order valence-electron chi connectivity index (χ1n) is 6.81. The Morgan fingerprint density at radius 1 is 1.47 bits per heavy atom. The van der Waals surface area contributed by atoms with Crippen LogP contribution in [0.5, 0.6) is 0 Å². The van der Waals surface area contributed by atoms with E-state index in [2.05, 4.69) is 24.9 Å². The molecule has 1 saturated heterocycles. The minimum absolute atomic E-state index is 0.267. The van der Waals surface area contributed by atoms with Crippen molar-refractivity contribution in [2.75, 3.05) is 26.7 Å². The molecule has 3 nitrogen and oxygen atoms in total. The average molecular weight is 281 g/mol. The van der Waals surface area contributed by atoms with Crippen molar-refractivity contribution in [3.8, 4) is 0 Å². The van der Waals surface area contributed by atoms with Crippen molar-refractivity contribution in [1.82, 2.24) is 9.80 Å². The van der Waals surface area contributed by atoms with Crippen molar-refractivity contribution < 1.29 is 4.79 Å².